The number of aromatic nitrogens is 2. The minimum atomic E-state index is -0.987. The summed E-state index contributed by atoms with van der Waals surface area (Å²) in [7, 11) is 1.51. The molecule has 1 amide bonds. The third-order valence-electron chi connectivity index (χ3n) is 3.01. The van der Waals surface area contributed by atoms with Crippen LogP contribution in [0.25, 0.3) is 0 Å². The lowest BCUT2D eigenvalue weighted by molar-refractivity contribution is -0.142. The average molecular weight is 286 g/mol. The number of carbonyl (C=O) groups excluding carboxylic acids is 1. The highest BCUT2D eigenvalue weighted by atomic mass is 35.5. The summed E-state index contributed by atoms with van der Waals surface area (Å²) in [4.78, 5) is 32.2. The maximum Gasteiger partial charge on any atom is 0.311 e. The molecule has 1 fully saturated rings. The second kappa shape index (κ2) is 5.50. The Morgan fingerprint density at radius 1 is 1.47 bits per heavy atom. The third-order valence-corrected chi connectivity index (χ3v) is 3.19. The van der Waals surface area contributed by atoms with Crippen LogP contribution in [0.5, 0.6) is 0 Å². The predicted molar refractivity (Wildman–Crippen MR) is 64.9 cm³/mol. The quantitative estimate of drug-likeness (QED) is 0.859. The van der Waals surface area contributed by atoms with Crippen molar-refractivity contribution >= 4 is 23.5 Å². The van der Waals surface area contributed by atoms with Crippen molar-refractivity contribution in [2.24, 2.45) is 5.92 Å². The molecule has 1 N–H and O–H groups in total. The molecule has 1 saturated heterocycles. The van der Waals surface area contributed by atoms with Gasteiger partial charge in [-0.05, 0) is 0 Å². The fourth-order valence-electron chi connectivity index (χ4n) is 1.94. The molecule has 0 saturated carbocycles. The number of nitrogens with zero attached hydrogens (tertiary/aromatic N) is 3. The fourth-order valence-corrected chi connectivity index (χ4v) is 2.08. The van der Waals surface area contributed by atoms with E-state index in [1.807, 2.05) is 0 Å². The smallest absolute Gasteiger partial charge is 0.311 e. The Balaban J connectivity index is 2.17. The van der Waals surface area contributed by atoms with E-state index in [4.69, 9.17) is 21.4 Å². The van der Waals surface area contributed by atoms with Crippen LogP contribution in [0, 0.1) is 5.92 Å². The Bertz CT molecular complexity index is 510. The van der Waals surface area contributed by atoms with E-state index in [0.29, 0.717) is 0 Å². The largest absolute Gasteiger partial charge is 0.481 e. The van der Waals surface area contributed by atoms with Crippen LogP contribution in [0.4, 0.5) is 0 Å². The van der Waals surface area contributed by atoms with E-state index in [-0.39, 0.29) is 24.1 Å². The molecule has 1 aromatic heterocycles. The van der Waals surface area contributed by atoms with E-state index in [9.17, 15) is 9.59 Å². The Morgan fingerprint density at radius 3 is 2.84 bits per heavy atom. The standard InChI is InChI=1S/C11H12ClN3O4/c1-15(8-5-19-4-6(8)11(17)18)10(16)7-2-13-3-9(12)14-7/h2-3,6,8H,4-5H2,1H3,(H,17,18). The van der Waals surface area contributed by atoms with Crippen LogP contribution in [0.1, 0.15) is 10.5 Å². The number of hydrogen-bond acceptors (Lipinski definition) is 5. The second-order valence-corrected chi connectivity index (χ2v) is 4.58. The van der Waals surface area contributed by atoms with Crippen LogP contribution >= 0.6 is 11.6 Å². The van der Waals surface area contributed by atoms with Crippen LogP contribution in [-0.4, -0.2) is 58.2 Å². The van der Waals surface area contributed by atoms with Gasteiger partial charge in [-0.3, -0.25) is 14.6 Å². The zero-order valence-electron chi connectivity index (χ0n) is 10.1. The van der Waals surface area contributed by atoms with Crippen molar-refractivity contribution in [3.8, 4) is 0 Å². The van der Waals surface area contributed by atoms with Crippen molar-refractivity contribution in [3.63, 3.8) is 0 Å². The number of carboxylic acid groups (broad SMARTS) is 1. The Morgan fingerprint density at radius 2 is 2.21 bits per heavy atom. The first-order valence-electron chi connectivity index (χ1n) is 5.56. The fraction of sp³-hybridized carbons (Fsp3) is 0.455. The molecule has 0 bridgehead atoms. The summed E-state index contributed by atoms with van der Waals surface area (Å²) in [6.07, 6.45) is 2.60. The maximum absolute atomic E-state index is 12.2. The number of amides is 1. The summed E-state index contributed by atoms with van der Waals surface area (Å²) in [6, 6.07) is -0.522. The van der Waals surface area contributed by atoms with Crippen LogP contribution in [0.15, 0.2) is 12.4 Å². The van der Waals surface area contributed by atoms with E-state index < -0.39 is 23.8 Å². The van der Waals surface area contributed by atoms with E-state index in [1.54, 1.807) is 0 Å². The molecule has 2 heterocycles. The zero-order chi connectivity index (χ0) is 14.0. The van der Waals surface area contributed by atoms with Gasteiger partial charge >= 0.3 is 5.97 Å². The van der Waals surface area contributed by atoms with E-state index in [1.165, 1.54) is 24.3 Å². The van der Waals surface area contributed by atoms with E-state index >= 15 is 0 Å². The van der Waals surface area contributed by atoms with Crippen LogP contribution in [0.2, 0.25) is 5.15 Å². The van der Waals surface area contributed by atoms with E-state index in [2.05, 4.69) is 9.97 Å². The molecule has 8 heteroatoms. The van der Waals surface area contributed by atoms with Gasteiger partial charge in [0.1, 0.15) is 16.8 Å². The first kappa shape index (κ1) is 13.7. The number of hydrogen-bond donors (Lipinski definition) is 1. The lowest BCUT2D eigenvalue weighted by Gasteiger charge is -2.25. The summed E-state index contributed by atoms with van der Waals surface area (Å²) in [5.41, 5.74) is 0.0750. The lowest BCUT2D eigenvalue weighted by Crippen LogP contribution is -2.44. The van der Waals surface area contributed by atoms with Crippen molar-refractivity contribution in [3.05, 3.63) is 23.2 Å². The van der Waals surface area contributed by atoms with Crippen LogP contribution in [0.3, 0.4) is 0 Å². The molecule has 2 unspecified atom stereocenters. The van der Waals surface area contributed by atoms with Crippen LogP contribution < -0.4 is 0 Å². The highest BCUT2D eigenvalue weighted by Crippen LogP contribution is 2.20. The molecule has 2 rings (SSSR count). The van der Waals surface area contributed by atoms with Gasteiger partial charge in [-0.15, -0.1) is 0 Å². The Hall–Kier alpha value is -1.73. The minimum absolute atomic E-state index is 0.0750. The minimum Gasteiger partial charge on any atom is -0.481 e. The molecular weight excluding hydrogens is 274 g/mol. The van der Waals surface area contributed by atoms with Crippen molar-refractivity contribution < 1.29 is 19.4 Å². The van der Waals surface area contributed by atoms with Gasteiger partial charge in [0.25, 0.3) is 5.91 Å². The second-order valence-electron chi connectivity index (χ2n) is 4.19. The first-order chi connectivity index (χ1) is 9.00. The maximum atomic E-state index is 12.2. The summed E-state index contributed by atoms with van der Waals surface area (Å²) >= 11 is 5.67. The van der Waals surface area contributed by atoms with Gasteiger partial charge in [0, 0.05) is 7.05 Å². The molecule has 0 aliphatic carbocycles. The molecule has 0 spiro atoms. The van der Waals surface area contributed by atoms with Crippen LogP contribution in [-0.2, 0) is 9.53 Å². The summed E-state index contributed by atoms with van der Waals surface area (Å²) in [6.45, 7) is 0.284. The Kier molecular flexibility index (Phi) is 3.96. The lowest BCUT2D eigenvalue weighted by atomic mass is 10.0. The van der Waals surface area contributed by atoms with Gasteiger partial charge in [-0.1, -0.05) is 11.6 Å². The SMILES string of the molecule is CN(C(=O)c1cncc(Cl)n1)C1COCC1C(=O)O. The number of carboxylic acids is 1. The van der Waals surface area contributed by atoms with Gasteiger partial charge in [-0.2, -0.15) is 0 Å². The van der Waals surface area contributed by atoms with Crippen molar-refractivity contribution in [2.45, 2.75) is 6.04 Å². The number of likely N-dealkylation sites (N-methyl/N-ethyl adjacent to an activating group) is 1. The molecular formula is C11H12ClN3O4. The number of carbonyl (C=O) groups is 2. The molecule has 1 aliphatic heterocycles. The number of halogens is 1. The molecule has 0 radical (unpaired) electrons. The third kappa shape index (κ3) is 2.82. The summed E-state index contributed by atoms with van der Waals surface area (Å²) in [5.74, 6) is -2.16. The van der Waals surface area contributed by atoms with Gasteiger partial charge < -0.3 is 14.7 Å². The van der Waals surface area contributed by atoms with Crippen molar-refractivity contribution in [1.29, 1.82) is 0 Å². The van der Waals surface area contributed by atoms with Gasteiger partial charge in [0.15, 0.2) is 0 Å². The monoisotopic (exact) mass is 285 g/mol. The molecule has 1 aromatic rings. The average Bonchev–Trinajstić information content (AvgIpc) is 2.86. The Labute approximate surface area is 114 Å². The van der Waals surface area contributed by atoms with Gasteiger partial charge in [0.2, 0.25) is 0 Å². The highest BCUT2D eigenvalue weighted by Gasteiger charge is 2.39. The topological polar surface area (TPSA) is 92.6 Å². The normalized spacial score (nSPS) is 22.2. The molecule has 1 aliphatic rings. The molecule has 0 aromatic carbocycles. The van der Waals surface area contributed by atoms with E-state index in [0.717, 1.165) is 0 Å². The number of aliphatic carboxylic acids is 1. The molecule has 19 heavy (non-hydrogen) atoms. The molecule has 102 valence electrons. The molecule has 7 nitrogen and oxygen atoms in total. The predicted octanol–water partition coefficient (Wildman–Crippen LogP) is 0.302. The van der Waals surface area contributed by atoms with Gasteiger partial charge in [-0.25, -0.2) is 4.98 Å². The number of ether oxygens (including phenoxy) is 1. The van der Waals surface area contributed by atoms with Gasteiger partial charge in [0.05, 0.1) is 31.6 Å². The molecule has 2 atom stereocenters. The zero-order valence-corrected chi connectivity index (χ0v) is 10.9. The first-order valence-corrected chi connectivity index (χ1v) is 5.93. The van der Waals surface area contributed by atoms with Crippen molar-refractivity contribution in [2.75, 3.05) is 20.3 Å². The summed E-state index contributed by atoms with van der Waals surface area (Å²) < 4.78 is 5.13. The summed E-state index contributed by atoms with van der Waals surface area (Å²) in [5, 5.41) is 9.17. The van der Waals surface area contributed by atoms with Crippen molar-refractivity contribution in [1.82, 2.24) is 14.9 Å². The highest BCUT2D eigenvalue weighted by molar-refractivity contribution is 6.29. The number of rotatable bonds is 3.